The van der Waals surface area contributed by atoms with E-state index in [0.29, 0.717) is 5.92 Å². The van der Waals surface area contributed by atoms with Gasteiger partial charge in [0.2, 0.25) is 0 Å². The zero-order chi connectivity index (χ0) is 12.1. The molecule has 2 rings (SSSR count). The van der Waals surface area contributed by atoms with E-state index >= 15 is 0 Å². The van der Waals surface area contributed by atoms with Crippen LogP contribution in [0, 0.1) is 17.8 Å². The molecule has 1 heteroatoms. The Balaban J connectivity index is 2.20. The molecule has 1 saturated carbocycles. The van der Waals surface area contributed by atoms with Crippen LogP contribution < -0.4 is 5.73 Å². The molecular formula is C16H21N. The minimum absolute atomic E-state index is 0.404. The maximum absolute atomic E-state index is 5.74. The predicted molar refractivity (Wildman–Crippen MR) is 73.6 cm³/mol. The minimum atomic E-state index is 0.404. The Hall–Kier alpha value is -1.42. The molecule has 1 aromatic rings. The predicted octanol–water partition coefficient (Wildman–Crippen LogP) is 3.96. The Bertz CT molecular complexity index is 401. The lowest BCUT2D eigenvalue weighted by atomic mass is 9.77. The van der Waals surface area contributed by atoms with Gasteiger partial charge in [0, 0.05) is 11.6 Å². The van der Waals surface area contributed by atoms with E-state index < -0.39 is 0 Å². The van der Waals surface area contributed by atoms with Crippen molar-refractivity contribution in [3.63, 3.8) is 0 Å². The lowest BCUT2D eigenvalue weighted by molar-refractivity contribution is 0.337. The lowest BCUT2D eigenvalue weighted by Crippen LogP contribution is -2.15. The van der Waals surface area contributed by atoms with Crippen LogP contribution >= 0.6 is 0 Å². The molecule has 1 nitrogen and oxygen atoms in total. The van der Waals surface area contributed by atoms with E-state index in [1.54, 1.807) is 0 Å². The second-order valence-electron chi connectivity index (χ2n) is 4.94. The van der Waals surface area contributed by atoms with Crippen molar-refractivity contribution < 1.29 is 0 Å². The Kier molecular flexibility index (Phi) is 4.09. The van der Waals surface area contributed by atoms with Gasteiger partial charge in [-0.2, -0.15) is 0 Å². The molecular weight excluding hydrogens is 206 g/mol. The molecule has 1 aliphatic carbocycles. The van der Waals surface area contributed by atoms with Gasteiger partial charge >= 0.3 is 0 Å². The molecule has 1 aliphatic rings. The number of benzene rings is 1. The van der Waals surface area contributed by atoms with Gasteiger partial charge < -0.3 is 5.73 Å². The number of nitrogen functional groups attached to an aromatic ring is 1. The largest absolute Gasteiger partial charge is 0.399 e. The highest BCUT2D eigenvalue weighted by Crippen LogP contribution is 2.35. The van der Waals surface area contributed by atoms with Gasteiger partial charge in [0.1, 0.15) is 0 Å². The first-order valence-corrected chi connectivity index (χ1v) is 6.59. The highest BCUT2D eigenvalue weighted by Gasteiger charge is 2.23. The summed E-state index contributed by atoms with van der Waals surface area (Å²) < 4.78 is 0. The molecule has 0 aromatic heterocycles. The van der Waals surface area contributed by atoms with Crippen LogP contribution in [0.3, 0.4) is 0 Å². The van der Waals surface area contributed by atoms with E-state index in [9.17, 15) is 0 Å². The third-order valence-corrected chi connectivity index (χ3v) is 3.72. The average molecular weight is 227 g/mol. The van der Waals surface area contributed by atoms with Crippen molar-refractivity contribution in [2.45, 2.75) is 44.9 Å². The zero-order valence-corrected chi connectivity index (χ0v) is 10.6. The molecule has 0 heterocycles. The highest BCUT2D eigenvalue weighted by atomic mass is 14.5. The second-order valence-corrected chi connectivity index (χ2v) is 4.94. The number of hydrogen-bond donors (Lipinski definition) is 1. The van der Waals surface area contributed by atoms with E-state index in [1.807, 2.05) is 19.1 Å². The fourth-order valence-electron chi connectivity index (χ4n) is 2.80. The molecule has 1 fully saturated rings. The van der Waals surface area contributed by atoms with E-state index in [-0.39, 0.29) is 0 Å². The number of anilines is 1. The molecule has 17 heavy (non-hydrogen) atoms. The van der Waals surface area contributed by atoms with Crippen molar-refractivity contribution in [1.82, 2.24) is 0 Å². The molecule has 2 N–H and O–H groups in total. The Labute approximate surface area is 104 Å². The average Bonchev–Trinajstić information content (AvgIpc) is 2.38. The fraction of sp³-hybridized carbons (Fsp3) is 0.500. The Morgan fingerprint density at radius 3 is 2.35 bits per heavy atom. The summed E-state index contributed by atoms with van der Waals surface area (Å²) in [6.07, 6.45) is 6.76. The summed E-state index contributed by atoms with van der Waals surface area (Å²) in [5.74, 6) is 7.63. The van der Waals surface area contributed by atoms with E-state index in [1.165, 1.54) is 37.7 Å². The summed E-state index contributed by atoms with van der Waals surface area (Å²) in [5.41, 5.74) is 7.91. The first-order chi connectivity index (χ1) is 8.31. The van der Waals surface area contributed by atoms with Gasteiger partial charge in [-0.05, 0) is 43.4 Å². The van der Waals surface area contributed by atoms with Crippen molar-refractivity contribution in [1.29, 1.82) is 0 Å². The van der Waals surface area contributed by atoms with Gasteiger partial charge in [-0.25, -0.2) is 0 Å². The first kappa shape index (κ1) is 12.0. The third kappa shape index (κ3) is 3.03. The van der Waals surface area contributed by atoms with E-state index in [4.69, 9.17) is 5.73 Å². The van der Waals surface area contributed by atoms with Gasteiger partial charge in [-0.1, -0.05) is 37.3 Å². The molecule has 90 valence electrons. The molecule has 0 bridgehead atoms. The number of nitrogens with two attached hydrogens (primary N) is 1. The van der Waals surface area contributed by atoms with Gasteiger partial charge in [0.25, 0.3) is 0 Å². The van der Waals surface area contributed by atoms with Crippen LogP contribution in [0.5, 0.6) is 0 Å². The minimum Gasteiger partial charge on any atom is -0.399 e. The number of hydrogen-bond acceptors (Lipinski definition) is 1. The van der Waals surface area contributed by atoms with Crippen molar-refractivity contribution in [2.75, 3.05) is 5.73 Å². The maximum Gasteiger partial charge on any atom is 0.0480 e. The first-order valence-electron chi connectivity index (χ1n) is 6.59. The van der Waals surface area contributed by atoms with Crippen LogP contribution in [0.15, 0.2) is 24.3 Å². The van der Waals surface area contributed by atoms with Gasteiger partial charge in [-0.3, -0.25) is 0 Å². The lowest BCUT2D eigenvalue weighted by Gasteiger charge is -2.27. The van der Waals surface area contributed by atoms with Crippen LogP contribution in [0.1, 0.15) is 50.5 Å². The smallest absolute Gasteiger partial charge is 0.0480 e. The van der Waals surface area contributed by atoms with Gasteiger partial charge in [0.15, 0.2) is 0 Å². The summed E-state index contributed by atoms with van der Waals surface area (Å²) >= 11 is 0. The second kappa shape index (κ2) is 5.77. The monoisotopic (exact) mass is 227 g/mol. The maximum atomic E-state index is 5.74. The quantitative estimate of drug-likeness (QED) is 0.600. The van der Waals surface area contributed by atoms with Crippen LogP contribution in [-0.2, 0) is 0 Å². The van der Waals surface area contributed by atoms with Gasteiger partial charge in [-0.15, -0.1) is 5.92 Å². The summed E-state index contributed by atoms with van der Waals surface area (Å²) in [4.78, 5) is 0. The summed E-state index contributed by atoms with van der Waals surface area (Å²) in [6.45, 7) is 1.94. The molecule has 0 spiro atoms. The van der Waals surface area contributed by atoms with Crippen molar-refractivity contribution in [2.24, 2.45) is 5.92 Å². The Morgan fingerprint density at radius 1 is 1.12 bits per heavy atom. The van der Waals surface area contributed by atoms with Crippen molar-refractivity contribution >= 4 is 5.69 Å². The summed E-state index contributed by atoms with van der Waals surface area (Å²) in [6, 6.07) is 8.25. The van der Waals surface area contributed by atoms with Crippen molar-refractivity contribution in [3.05, 3.63) is 29.8 Å². The van der Waals surface area contributed by atoms with Crippen LogP contribution in [0.4, 0.5) is 5.69 Å². The van der Waals surface area contributed by atoms with Crippen LogP contribution in [-0.4, -0.2) is 0 Å². The summed E-state index contributed by atoms with van der Waals surface area (Å²) in [5, 5.41) is 0. The molecule has 0 amide bonds. The van der Waals surface area contributed by atoms with Crippen molar-refractivity contribution in [3.8, 4) is 11.8 Å². The highest BCUT2D eigenvalue weighted by molar-refractivity contribution is 5.42. The van der Waals surface area contributed by atoms with E-state index in [2.05, 4.69) is 24.0 Å². The van der Waals surface area contributed by atoms with Crippen LogP contribution in [0.25, 0.3) is 0 Å². The van der Waals surface area contributed by atoms with E-state index in [0.717, 1.165) is 11.6 Å². The SMILES string of the molecule is CC#CC(c1ccc(N)cc1)C1CCCCC1. The summed E-state index contributed by atoms with van der Waals surface area (Å²) in [7, 11) is 0. The molecule has 0 aliphatic heterocycles. The molecule has 0 saturated heterocycles. The molecule has 1 unspecified atom stereocenters. The normalized spacial score (nSPS) is 18.2. The molecule has 0 radical (unpaired) electrons. The van der Waals surface area contributed by atoms with Gasteiger partial charge in [0.05, 0.1) is 0 Å². The molecule has 1 atom stereocenters. The Morgan fingerprint density at radius 2 is 1.76 bits per heavy atom. The number of rotatable bonds is 2. The zero-order valence-electron chi connectivity index (χ0n) is 10.6. The van der Waals surface area contributed by atoms with Crippen LogP contribution in [0.2, 0.25) is 0 Å². The third-order valence-electron chi connectivity index (χ3n) is 3.72. The fourth-order valence-corrected chi connectivity index (χ4v) is 2.80. The topological polar surface area (TPSA) is 26.0 Å². The molecule has 1 aromatic carbocycles. The standard InChI is InChI=1S/C16H21N/c1-2-6-16(13-7-4-3-5-8-13)14-9-11-15(17)12-10-14/h9-13,16H,3-5,7-8,17H2,1H3.